The van der Waals surface area contributed by atoms with Gasteiger partial charge >= 0.3 is 0 Å². The van der Waals surface area contributed by atoms with Gasteiger partial charge in [0.15, 0.2) is 0 Å². The average Bonchev–Trinajstić information content (AvgIpc) is 2.27. The summed E-state index contributed by atoms with van der Waals surface area (Å²) in [5, 5.41) is 4.69. The largest absolute Gasteiger partial charge is 0.496 e. The van der Waals surface area contributed by atoms with Crippen molar-refractivity contribution in [2.45, 2.75) is 0 Å². The molecule has 1 amide bonds. The van der Waals surface area contributed by atoms with Gasteiger partial charge in [-0.1, -0.05) is 0 Å². The zero-order valence-electron chi connectivity index (χ0n) is 8.53. The molecule has 0 saturated carbocycles. The molecule has 0 bridgehead atoms. The van der Waals surface area contributed by atoms with E-state index in [2.05, 4.69) is 27.7 Å². The molecule has 4 nitrogen and oxygen atoms in total. The molecule has 0 aliphatic rings. The van der Waals surface area contributed by atoms with Gasteiger partial charge in [-0.05, 0) is 34.1 Å². The SMILES string of the molecule is C=NN(C)C(=O)c1ccc(Br)c(OC)c1. The minimum atomic E-state index is -0.226. The Bertz CT molecular complexity index is 393. The summed E-state index contributed by atoms with van der Waals surface area (Å²) in [7, 11) is 3.09. The van der Waals surface area contributed by atoms with Crippen molar-refractivity contribution in [1.82, 2.24) is 5.01 Å². The lowest BCUT2D eigenvalue weighted by Gasteiger charge is -2.11. The summed E-state index contributed by atoms with van der Waals surface area (Å²) in [6.07, 6.45) is 0. The molecule has 15 heavy (non-hydrogen) atoms. The fraction of sp³-hybridized carbons (Fsp3) is 0.200. The molecule has 80 valence electrons. The Labute approximate surface area is 96.7 Å². The van der Waals surface area contributed by atoms with E-state index in [9.17, 15) is 4.79 Å². The van der Waals surface area contributed by atoms with Crippen LogP contribution >= 0.6 is 15.9 Å². The lowest BCUT2D eigenvalue weighted by Crippen LogP contribution is -2.20. The molecule has 0 radical (unpaired) electrons. The number of hydrogen-bond acceptors (Lipinski definition) is 3. The highest BCUT2D eigenvalue weighted by Crippen LogP contribution is 2.25. The van der Waals surface area contributed by atoms with Crippen LogP contribution in [0, 0.1) is 0 Å². The molecule has 1 aromatic carbocycles. The Morgan fingerprint density at radius 1 is 1.60 bits per heavy atom. The number of rotatable bonds is 3. The minimum absolute atomic E-state index is 0.226. The lowest BCUT2D eigenvalue weighted by molar-refractivity contribution is 0.0800. The molecule has 0 aliphatic heterocycles. The summed E-state index contributed by atoms with van der Waals surface area (Å²) in [5.74, 6) is 0.383. The van der Waals surface area contributed by atoms with Gasteiger partial charge in [-0.15, -0.1) is 0 Å². The van der Waals surface area contributed by atoms with Gasteiger partial charge in [0.1, 0.15) is 5.75 Å². The topological polar surface area (TPSA) is 41.9 Å². The normalized spacial score (nSPS) is 9.53. The molecular formula is C10H11BrN2O2. The third-order valence-electron chi connectivity index (χ3n) is 1.90. The van der Waals surface area contributed by atoms with Gasteiger partial charge < -0.3 is 4.74 Å². The molecule has 0 unspecified atom stereocenters. The first-order valence-electron chi connectivity index (χ1n) is 4.18. The summed E-state index contributed by atoms with van der Waals surface area (Å²) in [5.41, 5.74) is 0.505. The van der Waals surface area contributed by atoms with Gasteiger partial charge in [0.2, 0.25) is 0 Å². The van der Waals surface area contributed by atoms with Gasteiger partial charge in [-0.3, -0.25) is 4.79 Å². The average molecular weight is 271 g/mol. The lowest BCUT2D eigenvalue weighted by atomic mass is 10.2. The summed E-state index contributed by atoms with van der Waals surface area (Å²) in [6, 6.07) is 5.09. The van der Waals surface area contributed by atoms with Crippen LogP contribution in [-0.4, -0.2) is 31.8 Å². The van der Waals surface area contributed by atoms with Crippen molar-refractivity contribution < 1.29 is 9.53 Å². The van der Waals surface area contributed by atoms with Gasteiger partial charge in [0.25, 0.3) is 5.91 Å². The molecular weight excluding hydrogens is 260 g/mol. The van der Waals surface area contributed by atoms with Crippen LogP contribution in [0.3, 0.4) is 0 Å². The molecule has 0 fully saturated rings. The van der Waals surface area contributed by atoms with E-state index in [0.29, 0.717) is 11.3 Å². The van der Waals surface area contributed by atoms with Gasteiger partial charge in [0, 0.05) is 19.3 Å². The third kappa shape index (κ3) is 2.56. The highest BCUT2D eigenvalue weighted by atomic mass is 79.9. The van der Waals surface area contributed by atoms with Gasteiger partial charge in [-0.25, -0.2) is 5.01 Å². The zero-order valence-corrected chi connectivity index (χ0v) is 10.1. The predicted octanol–water partition coefficient (Wildman–Crippen LogP) is 2.15. The van der Waals surface area contributed by atoms with Crippen molar-refractivity contribution in [1.29, 1.82) is 0 Å². The Balaban J connectivity index is 3.05. The number of amides is 1. The predicted molar refractivity (Wildman–Crippen MR) is 62.3 cm³/mol. The van der Waals surface area contributed by atoms with Crippen LogP contribution in [0.15, 0.2) is 27.8 Å². The number of methoxy groups -OCH3 is 1. The van der Waals surface area contributed by atoms with Crippen LogP contribution in [0.4, 0.5) is 0 Å². The first-order valence-corrected chi connectivity index (χ1v) is 4.97. The molecule has 0 aromatic heterocycles. The van der Waals surface area contributed by atoms with E-state index >= 15 is 0 Å². The molecule has 0 spiro atoms. The van der Waals surface area contributed by atoms with E-state index in [4.69, 9.17) is 4.74 Å². The first kappa shape index (κ1) is 11.7. The highest BCUT2D eigenvalue weighted by molar-refractivity contribution is 9.10. The van der Waals surface area contributed by atoms with E-state index in [-0.39, 0.29) is 5.91 Å². The highest BCUT2D eigenvalue weighted by Gasteiger charge is 2.12. The molecule has 0 aliphatic carbocycles. The van der Waals surface area contributed by atoms with Crippen LogP contribution in [0.5, 0.6) is 5.75 Å². The molecule has 0 N–H and O–H groups in total. The molecule has 0 atom stereocenters. The van der Waals surface area contributed by atoms with Crippen molar-refractivity contribution >= 4 is 28.6 Å². The van der Waals surface area contributed by atoms with Crippen molar-refractivity contribution in [3.8, 4) is 5.75 Å². The molecule has 0 heterocycles. The smallest absolute Gasteiger partial charge is 0.273 e. The van der Waals surface area contributed by atoms with Crippen LogP contribution in [-0.2, 0) is 0 Å². The molecule has 1 rings (SSSR count). The Morgan fingerprint density at radius 3 is 2.80 bits per heavy atom. The van der Waals surface area contributed by atoms with E-state index in [0.717, 1.165) is 4.47 Å². The van der Waals surface area contributed by atoms with E-state index in [1.165, 1.54) is 5.01 Å². The maximum Gasteiger partial charge on any atom is 0.273 e. The van der Waals surface area contributed by atoms with E-state index < -0.39 is 0 Å². The number of carbonyl (C=O) groups is 1. The van der Waals surface area contributed by atoms with Crippen LogP contribution in [0.25, 0.3) is 0 Å². The maximum atomic E-state index is 11.7. The maximum absolute atomic E-state index is 11.7. The number of nitrogens with zero attached hydrogens (tertiary/aromatic N) is 2. The first-order chi connectivity index (χ1) is 7.10. The minimum Gasteiger partial charge on any atom is -0.496 e. The summed E-state index contributed by atoms with van der Waals surface area (Å²) in [4.78, 5) is 11.7. The number of hydrogen-bond donors (Lipinski definition) is 0. The summed E-state index contributed by atoms with van der Waals surface area (Å²) in [6.45, 7) is 3.28. The Morgan fingerprint density at radius 2 is 2.27 bits per heavy atom. The summed E-state index contributed by atoms with van der Waals surface area (Å²) < 4.78 is 5.89. The molecule has 0 saturated heterocycles. The monoisotopic (exact) mass is 270 g/mol. The third-order valence-corrected chi connectivity index (χ3v) is 2.56. The Kier molecular flexibility index (Phi) is 3.85. The molecule has 1 aromatic rings. The number of halogens is 1. The van der Waals surface area contributed by atoms with Crippen LogP contribution < -0.4 is 4.74 Å². The summed E-state index contributed by atoms with van der Waals surface area (Å²) >= 11 is 3.31. The van der Waals surface area contributed by atoms with Crippen molar-refractivity contribution in [3.63, 3.8) is 0 Å². The fourth-order valence-corrected chi connectivity index (χ4v) is 1.45. The second-order valence-corrected chi connectivity index (χ2v) is 3.67. The fourth-order valence-electron chi connectivity index (χ4n) is 1.04. The number of hydrazone groups is 1. The quantitative estimate of drug-likeness (QED) is 0.624. The van der Waals surface area contributed by atoms with Crippen molar-refractivity contribution in [3.05, 3.63) is 28.2 Å². The number of ether oxygens (including phenoxy) is 1. The van der Waals surface area contributed by atoms with Crippen LogP contribution in [0.2, 0.25) is 0 Å². The van der Waals surface area contributed by atoms with Crippen LogP contribution in [0.1, 0.15) is 10.4 Å². The number of benzene rings is 1. The van der Waals surface area contributed by atoms with E-state index in [1.807, 2.05) is 0 Å². The van der Waals surface area contributed by atoms with Gasteiger partial charge in [-0.2, -0.15) is 5.10 Å². The standard InChI is InChI=1S/C10H11BrN2O2/c1-12-13(2)10(14)7-4-5-8(11)9(6-7)15-3/h4-6H,1H2,2-3H3. The Hall–Kier alpha value is -1.36. The second kappa shape index (κ2) is 4.93. The van der Waals surface area contributed by atoms with Crippen molar-refractivity contribution in [2.75, 3.05) is 14.2 Å². The second-order valence-electron chi connectivity index (χ2n) is 2.82. The van der Waals surface area contributed by atoms with E-state index in [1.54, 1.807) is 32.4 Å². The molecule has 5 heteroatoms. The van der Waals surface area contributed by atoms with Crippen molar-refractivity contribution in [2.24, 2.45) is 5.10 Å². The number of carbonyl (C=O) groups excluding carboxylic acids is 1. The zero-order chi connectivity index (χ0) is 11.4. The van der Waals surface area contributed by atoms with Gasteiger partial charge in [0.05, 0.1) is 11.6 Å².